The molecule has 0 saturated carbocycles. The zero-order valence-corrected chi connectivity index (χ0v) is 15.6. The molecule has 4 rings (SSSR count). The number of ether oxygens (including phenoxy) is 1. The Bertz CT molecular complexity index is 876. The lowest BCUT2D eigenvalue weighted by Gasteiger charge is -2.17. The lowest BCUT2D eigenvalue weighted by molar-refractivity contribution is -0.118. The van der Waals surface area contributed by atoms with Crippen LogP contribution in [0.15, 0.2) is 30.5 Å². The first-order chi connectivity index (χ1) is 13.0. The normalized spacial score (nSPS) is 20.3. The molecule has 2 amide bonds. The monoisotopic (exact) mass is 368 g/mol. The summed E-state index contributed by atoms with van der Waals surface area (Å²) >= 11 is 0. The van der Waals surface area contributed by atoms with Crippen LogP contribution in [0.4, 0.5) is 0 Å². The molecular weight excluding hydrogens is 344 g/mol. The van der Waals surface area contributed by atoms with Gasteiger partial charge in [-0.3, -0.25) is 14.3 Å². The number of fused-ring (bicyclic) bond motifs is 3. The van der Waals surface area contributed by atoms with Gasteiger partial charge in [0.15, 0.2) is 0 Å². The molecule has 2 aliphatic rings. The minimum atomic E-state index is -0.0303. The molecule has 1 aliphatic carbocycles. The molecule has 7 heteroatoms. The van der Waals surface area contributed by atoms with Crippen LogP contribution in [0.2, 0.25) is 0 Å². The highest BCUT2D eigenvalue weighted by atomic mass is 16.5. The van der Waals surface area contributed by atoms with Crippen LogP contribution < -0.4 is 10.1 Å². The number of amides is 2. The van der Waals surface area contributed by atoms with Gasteiger partial charge < -0.3 is 15.0 Å². The van der Waals surface area contributed by atoms with Crippen LogP contribution in [-0.2, 0) is 17.8 Å². The predicted molar refractivity (Wildman–Crippen MR) is 99.7 cm³/mol. The maximum absolute atomic E-state index is 12.9. The summed E-state index contributed by atoms with van der Waals surface area (Å²) < 4.78 is 7.13. The second-order valence-corrected chi connectivity index (χ2v) is 7.30. The predicted octanol–water partition coefficient (Wildman–Crippen LogP) is 1.44. The molecule has 142 valence electrons. The van der Waals surface area contributed by atoms with Crippen LogP contribution in [0.3, 0.4) is 0 Å². The summed E-state index contributed by atoms with van der Waals surface area (Å²) in [5, 5.41) is 7.52. The Morgan fingerprint density at radius 2 is 2.19 bits per heavy atom. The molecule has 1 N–H and O–H groups in total. The Hall–Kier alpha value is -2.83. The van der Waals surface area contributed by atoms with Gasteiger partial charge in [0, 0.05) is 44.2 Å². The van der Waals surface area contributed by atoms with Crippen LogP contribution in [0.25, 0.3) is 0 Å². The smallest absolute Gasteiger partial charge is 0.254 e. The molecular formula is C20H24N4O3. The van der Waals surface area contributed by atoms with E-state index in [2.05, 4.69) is 11.5 Å². The number of rotatable bonds is 5. The van der Waals surface area contributed by atoms with Crippen LogP contribution in [0.1, 0.15) is 34.5 Å². The average molecular weight is 368 g/mol. The minimum Gasteiger partial charge on any atom is -0.497 e. The number of hydrogen-bond acceptors (Lipinski definition) is 4. The number of nitrogens with zero attached hydrogens (tertiary/aromatic N) is 3. The highest BCUT2D eigenvalue weighted by molar-refractivity contribution is 5.95. The summed E-state index contributed by atoms with van der Waals surface area (Å²) in [6.07, 6.45) is 3.05. The number of aromatic nitrogens is 2. The fourth-order valence-corrected chi connectivity index (χ4v) is 4.18. The maximum Gasteiger partial charge on any atom is 0.254 e. The third-order valence-electron chi connectivity index (χ3n) is 5.46. The number of likely N-dealkylation sites (tertiary alicyclic amines) is 1. The Morgan fingerprint density at radius 3 is 2.96 bits per heavy atom. The van der Waals surface area contributed by atoms with E-state index in [4.69, 9.17) is 9.84 Å². The number of methoxy groups -OCH3 is 1. The fraction of sp³-hybridized carbons (Fsp3) is 0.450. The molecule has 0 spiro atoms. The van der Waals surface area contributed by atoms with E-state index >= 15 is 0 Å². The van der Waals surface area contributed by atoms with Crippen molar-refractivity contribution < 1.29 is 14.3 Å². The van der Waals surface area contributed by atoms with Crippen LogP contribution in [-0.4, -0.2) is 53.2 Å². The van der Waals surface area contributed by atoms with Gasteiger partial charge in [-0.2, -0.15) is 5.10 Å². The molecule has 0 unspecified atom stereocenters. The standard InChI is InChI=1S/C20H24N4O3/c1-13(25)21-6-7-24-11-16-8-15-10-23(12-18(15)19(16)22-24)20(26)14-4-3-5-17(9-14)27-2/h3-5,9,11,15,18H,6-8,10,12H2,1-2H3,(H,21,25)/t15-,18+/m1/s1. The zero-order valence-electron chi connectivity index (χ0n) is 15.6. The molecule has 2 aromatic rings. The summed E-state index contributed by atoms with van der Waals surface area (Å²) in [5.74, 6) is 1.46. The maximum atomic E-state index is 12.9. The van der Waals surface area contributed by atoms with Crippen molar-refractivity contribution in [3.8, 4) is 5.75 Å². The van der Waals surface area contributed by atoms with Crippen LogP contribution in [0.5, 0.6) is 5.75 Å². The van der Waals surface area contributed by atoms with E-state index in [0.29, 0.717) is 42.8 Å². The van der Waals surface area contributed by atoms with E-state index < -0.39 is 0 Å². The number of hydrogen-bond donors (Lipinski definition) is 1. The molecule has 2 atom stereocenters. The first-order valence-electron chi connectivity index (χ1n) is 9.29. The van der Waals surface area contributed by atoms with Crippen molar-refractivity contribution in [3.05, 3.63) is 47.3 Å². The Balaban J connectivity index is 1.43. The second-order valence-electron chi connectivity index (χ2n) is 7.30. The third-order valence-corrected chi connectivity index (χ3v) is 5.46. The minimum absolute atomic E-state index is 0.0303. The van der Waals surface area contributed by atoms with E-state index in [0.717, 1.165) is 18.7 Å². The van der Waals surface area contributed by atoms with Gasteiger partial charge in [0.2, 0.25) is 5.91 Å². The first-order valence-corrected chi connectivity index (χ1v) is 9.29. The lowest BCUT2D eigenvalue weighted by Crippen LogP contribution is -2.29. The molecule has 1 saturated heterocycles. The lowest BCUT2D eigenvalue weighted by atomic mass is 9.99. The fourth-order valence-electron chi connectivity index (χ4n) is 4.18. The molecule has 1 aliphatic heterocycles. The van der Waals surface area contributed by atoms with Crippen molar-refractivity contribution in [3.63, 3.8) is 0 Å². The van der Waals surface area contributed by atoms with Crippen molar-refractivity contribution in [2.75, 3.05) is 26.7 Å². The van der Waals surface area contributed by atoms with E-state index in [9.17, 15) is 9.59 Å². The van der Waals surface area contributed by atoms with Gasteiger partial charge in [-0.25, -0.2) is 0 Å². The molecule has 0 bridgehead atoms. The number of benzene rings is 1. The van der Waals surface area contributed by atoms with Crippen molar-refractivity contribution in [1.82, 2.24) is 20.0 Å². The second kappa shape index (κ2) is 7.06. The van der Waals surface area contributed by atoms with Crippen LogP contribution >= 0.6 is 0 Å². The van der Waals surface area contributed by atoms with E-state index in [-0.39, 0.29) is 11.8 Å². The summed E-state index contributed by atoms with van der Waals surface area (Å²) in [5.41, 5.74) is 3.06. The average Bonchev–Trinajstić information content (AvgIpc) is 3.31. The summed E-state index contributed by atoms with van der Waals surface area (Å²) in [6.45, 7) is 4.22. The molecule has 1 aromatic heterocycles. The van der Waals surface area contributed by atoms with Gasteiger partial charge in [-0.15, -0.1) is 0 Å². The number of carbonyl (C=O) groups excluding carboxylic acids is 2. The van der Waals surface area contributed by atoms with E-state index in [1.165, 1.54) is 12.5 Å². The zero-order chi connectivity index (χ0) is 19.0. The molecule has 2 heterocycles. The van der Waals surface area contributed by atoms with Gasteiger partial charge in [0.1, 0.15) is 5.75 Å². The van der Waals surface area contributed by atoms with Gasteiger partial charge in [-0.05, 0) is 36.1 Å². The molecule has 7 nitrogen and oxygen atoms in total. The first kappa shape index (κ1) is 17.6. The van der Waals surface area contributed by atoms with E-state index in [1.807, 2.05) is 27.8 Å². The topological polar surface area (TPSA) is 76.5 Å². The third kappa shape index (κ3) is 3.41. The van der Waals surface area contributed by atoms with E-state index in [1.54, 1.807) is 13.2 Å². The number of carbonyl (C=O) groups is 2. The Morgan fingerprint density at radius 1 is 1.33 bits per heavy atom. The largest absolute Gasteiger partial charge is 0.497 e. The highest BCUT2D eigenvalue weighted by Crippen LogP contribution is 2.42. The SMILES string of the molecule is COc1cccc(C(=O)N2C[C@H]3Cc4cn(CCNC(C)=O)nc4[C@H]3C2)c1. The summed E-state index contributed by atoms with van der Waals surface area (Å²) in [7, 11) is 1.60. The Labute approximate surface area is 158 Å². The molecule has 1 aromatic carbocycles. The van der Waals surface area contributed by atoms with Crippen molar-refractivity contribution in [2.45, 2.75) is 25.8 Å². The summed E-state index contributed by atoms with van der Waals surface area (Å²) in [4.78, 5) is 25.8. The highest BCUT2D eigenvalue weighted by Gasteiger charge is 2.43. The van der Waals surface area contributed by atoms with Crippen molar-refractivity contribution >= 4 is 11.8 Å². The molecule has 27 heavy (non-hydrogen) atoms. The number of nitrogens with one attached hydrogen (secondary N) is 1. The molecule has 1 fully saturated rings. The van der Waals surface area contributed by atoms with Crippen molar-refractivity contribution in [1.29, 1.82) is 0 Å². The Kier molecular flexibility index (Phi) is 4.59. The molecule has 0 radical (unpaired) electrons. The quantitative estimate of drug-likeness (QED) is 0.866. The summed E-state index contributed by atoms with van der Waals surface area (Å²) in [6, 6.07) is 7.31. The van der Waals surface area contributed by atoms with Crippen LogP contribution in [0, 0.1) is 5.92 Å². The van der Waals surface area contributed by atoms with Crippen molar-refractivity contribution in [2.24, 2.45) is 5.92 Å². The van der Waals surface area contributed by atoms with Gasteiger partial charge in [-0.1, -0.05) is 6.07 Å². The van der Waals surface area contributed by atoms with Gasteiger partial charge in [0.25, 0.3) is 5.91 Å². The van der Waals surface area contributed by atoms with Gasteiger partial charge >= 0.3 is 0 Å². The van der Waals surface area contributed by atoms with Gasteiger partial charge in [0.05, 0.1) is 19.3 Å².